The molecule has 4 aromatic rings. The summed E-state index contributed by atoms with van der Waals surface area (Å²) < 4.78 is 60.3. The minimum atomic E-state index is -3.90. The van der Waals surface area contributed by atoms with Crippen LogP contribution < -0.4 is 50.5 Å². The van der Waals surface area contributed by atoms with E-state index in [1.807, 2.05) is 60.7 Å². The second kappa shape index (κ2) is 18.4. The minimum absolute atomic E-state index is 0.0206. The topological polar surface area (TPSA) is 142 Å². The van der Waals surface area contributed by atoms with Gasteiger partial charge in [0.2, 0.25) is 23.4 Å². The Hall–Kier alpha value is -2.39. The molecule has 0 amide bonds. The van der Waals surface area contributed by atoms with Crippen molar-refractivity contribution in [2.45, 2.75) is 21.9 Å². The van der Waals surface area contributed by atoms with Crippen LogP contribution in [0.2, 0.25) is 0 Å². The first kappa shape index (κ1) is 40.4. The van der Waals surface area contributed by atoms with Gasteiger partial charge in [-0.05, 0) is 59.7 Å². The number of rotatable bonds is 9. The van der Waals surface area contributed by atoms with Crippen LogP contribution >= 0.6 is 35.2 Å². The van der Waals surface area contributed by atoms with E-state index in [9.17, 15) is 8.42 Å². The van der Waals surface area contributed by atoms with E-state index in [2.05, 4.69) is 26.7 Å². The Morgan fingerprint density at radius 2 is 0.980 bits per heavy atom. The summed E-state index contributed by atoms with van der Waals surface area (Å²) in [5, 5.41) is 1.60. The van der Waals surface area contributed by atoms with Crippen molar-refractivity contribution in [3.8, 4) is 34.5 Å². The molecule has 10 nitrogen and oxygen atoms in total. The summed E-state index contributed by atoms with van der Waals surface area (Å²) in [7, 11) is 6.93. The first-order chi connectivity index (χ1) is 23.9. The van der Waals surface area contributed by atoms with Crippen LogP contribution in [0.3, 0.4) is 0 Å². The number of nitrogens with two attached hydrogens (primary N) is 2. The van der Waals surface area contributed by atoms with Gasteiger partial charge in [0.25, 0.3) is 0 Å². The maximum absolute atomic E-state index is 14.0. The summed E-state index contributed by atoms with van der Waals surface area (Å²) in [4.78, 5) is 0.426. The average molecular weight is 873 g/mol. The van der Waals surface area contributed by atoms with E-state index in [1.165, 1.54) is 0 Å². The van der Waals surface area contributed by atoms with E-state index in [0.717, 1.165) is 33.2 Å². The Balaban J connectivity index is 0.000000217. The molecule has 0 bridgehead atoms. The molecule has 0 spiro atoms. The van der Waals surface area contributed by atoms with Crippen molar-refractivity contribution < 1.29 is 52.0 Å². The summed E-state index contributed by atoms with van der Waals surface area (Å²) in [6, 6.07) is 22.0. The molecule has 50 heavy (non-hydrogen) atoms. The quantitative estimate of drug-likeness (QED) is 0.153. The van der Waals surface area contributed by atoms with Gasteiger partial charge in [0, 0.05) is 27.9 Å². The number of benzene rings is 4. The first-order valence-corrected chi connectivity index (χ1v) is 26.2. The van der Waals surface area contributed by atoms with Crippen molar-refractivity contribution in [1.29, 1.82) is 0 Å². The Bertz CT molecular complexity index is 1730. The van der Waals surface area contributed by atoms with Crippen LogP contribution in [0.5, 0.6) is 34.5 Å². The predicted octanol–water partition coefficient (Wildman–Crippen LogP) is 5.96. The Morgan fingerprint density at radius 3 is 1.28 bits per heavy atom. The van der Waals surface area contributed by atoms with Gasteiger partial charge in [0.05, 0.1) is 40.9 Å². The molecule has 0 fully saturated rings. The fourth-order valence-corrected chi connectivity index (χ4v) is 11.1. The monoisotopic (exact) mass is 872 g/mol. The van der Waals surface area contributed by atoms with Crippen LogP contribution in [-0.2, 0) is 25.0 Å². The molecule has 0 aromatic heterocycles. The molecule has 2 unspecified atom stereocenters. The van der Waals surface area contributed by atoms with Crippen molar-refractivity contribution in [1.82, 2.24) is 0 Å². The molecule has 0 saturated heterocycles. The van der Waals surface area contributed by atoms with Crippen molar-refractivity contribution >= 4 is 55.7 Å². The summed E-state index contributed by atoms with van der Waals surface area (Å²) >= 11 is -0.346. The Labute approximate surface area is 312 Å². The fourth-order valence-electron chi connectivity index (χ4n) is 5.38. The number of hydrogen-bond donors (Lipinski definition) is 2. The third-order valence-electron chi connectivity index (χ3n) is 7.99. The standard InChI is InChI=1S/C18H20O6P2S.C16H20N2O2.2ClH.Ru/c1-25(2)13-7-5-11-15(23-9-21-11)17(13)27(19,20)18-14(26(3)4)8-6-12-16(18)24-10-22-12;1-19-13-7-3-11(4-8-13)15(17)16(18)12-5-9-14(20-2)10-6-12;;;/h5-8H,9-10H2,1-4H3;3-10,15-16H,17-18H2,1-2H3;2*1H;/q;;;;+4. The molecule has 0 radical (unpaired) electrons. The number of halogens is 2. The van der Waals surface area contributed by atoms with Gasteiger partial charge in [-0.2, -0.15) is 0 Å². The molecular formula is C34H42Cl2N2O8P2RuS+4. The molecule has 270 valence electrons. The van der Waals surface area contributed by atoms with Crippen molar-refractivity contribution in [3.05, 3.63) is 83.9 Å². The van der Waals surface area contributed by atoms with Crippen molar-refractivity contribution in [2.24, 2.45) is 11.5 Å². The molecule has 0 saturated carbocycles. The predicted molar refractivity (Wildman–Crippen MR) is 202 cm³/mol. The van der Waals surface area contributed by atoms with Gasteiger partial charge in [0.15, 0.2) is 32.8 Å². The van der Waals surface area contributed by atoms with Gasteiger partial charge >= 0.3 is 34.5 Å². The number of hydrogen-bond acceptors (Lipinski definition) is 10. The summed E-state index contributed by atoms with van der Waals surface area (Å²) in [6.45, 7) is 8.29. The zero-order valence-electron chi connectivity index (χ0n) is 28.4. The molecule has 4 aromatic carbocycles. The zero-order chi connectivity index (χ0) is 36.6. The molecule has 2 aliphatic heterocycles. The van der Waals surface area contributed by atoms with Crippen LogP contribution in [-0.4, -0.2) is 62.9 Å². The molecule has 6 rings (SSSR count). The molecule has 2 aliphatic rings. The Kier molecular flexibility index (Phi) is 14.9. The molecule has 2 heterocycles. The normalized spacial score (nSPS) is 13.9. The van der Waals surface area contributed by atoms with Crippen molar-refractivity contribution in [2.75, 3.05) is 54.5 Å². The molecule has 2 atom stereocenters. The van der Waals surface area contributed by atoms with Crippen LogP contribution in [0.25, 0.3) is 0 Å². The van der Waals surface area contributed by atoms with Crippen molar-refractivity contribution in [3.63, 3.8) is 0 Å². The van der Waals surface area contributed by atoms with E-state index in [-0.39, 0.29) is 50.6 Å². The summed E-state index contributed by atoms with van der Waals surface area (Å²) in [5.74, 6) is 3.15. The van der Waals surface area contributed by atoms with E-state index in [4.69, 9.17) is 59.3 Å². The van der Waals surface area contributed by atoms with E-state index >= 15 is 0 Å². The third kappa shape index (κ3) is 9.15. The van der Waals surface area contributed by atoms with Gasteiger partial charge in [-0.15, -0.1) is 0 Å². The molecular weight excluding hydrogens is 830 g/mol. The van der Waals surface area contributed by atoms with Crippen LogP contribution in [0, 0.1) is 0 Å². The van der Waals surface area contributed by atoms with E-state index in [0.29, 0.717) is 23.0 Å². The first-order valence-electron chi connectivity index (χ1n) is 15.2. The maximum atomic E-state index is 14.0. The summed E-state index contributed by atoms with van der Waals surface area (Å²) in [5.41, 5.74) is 14.4. The van der Waals surface area contributed by atoms with Gasteiger partial charge in [-0.1, -0.05) is 24.3 Å². The fraction of sp³-hybridized carbons (Fsp3) is 0.294. The van der Waals surface area contributed by atoms with Gasteiger partial charge in [-0.3, -0.25) is 0 Å². The number of fused-ring (bicyclic) bond motifs is 2. The third-order valence-corrected chi connectivity index (χ3v) is 13.2. The average Bonchev–Trinajstić information content (AvgIpc) is 3.80. The summed E-state index contributed by atoms with van der Waals surface area (Å²) in [6.07, 6.45) is 0. The van der Waals surface area contributed by atoms with Gasteiger partial charge in [-0.25, -0.2) is 8.42 Å². The molecule has 4 N–H and O–H groups in total. The number of sulfone groups is 1. The second-order valence-electron chi connectivity index (χ2n) is 11.5. The van der Waals surface area contributed by atoms with Gasteiger partial charge in [0.1, 0.15) is 22.1 Å². The molecule has 16 heteroatoms. The van der Waals surface area contributed by atoms with Crippen LogP contribution in [0.1, 0.15) is 23.2 Å². The SMILES string of the molecule is COc1ccc(C(N)C(N)c2ccc(OC)cc2)cc1.C[PH+](C)c1ccc2c(c1S(=O)(=O)c1c([PH+](C)C)ccc3c1OCO3)OCO2.[Cl][Ru+2][Cl]. The Morgan fingerprint density at radius 1 is 0.640 bits per heavy atom. The zero-order valence-corrected chi connectivity index (χ0v) is 34.5. The van der Waals surface area contributed by atoms with E-state index < -0.39 is 25.7 Å². The molecule has 0 aliphatic carbocycles. The van der Waals surface area contributed by atoms with Gasteiger partial charge < -0.3 is 39.9 Å². The number of methoxy groups -OCH3 is 2. The van der Waals surface area contributed by atoms with Crippen LogP contribution in [0.4, 0.5) is 0 Å². The number of ether oxygens (including phenoxy) is 6. The van der Waals surface area contributed by atoms with Crippen LogP contribution in [0.15, 0.2) is 82.6 Å². The van der Waals surface area contributed by atoms with E-state index in [1.54, 1.807) is 26.4 Å². The second-order valence-corrected chi connectivity index (χ2v) is 21.0.